The van der Waals surface area contributed by atoms with Crippen LogP contribution >= 0.6 is 15.9 Å². The van der Waals surface area contributed by atoms with Gasteiger partial charge in [0.15, 0.2) is 0 Å². The Kier molecular flexibility index (Phi) is 3.84. The maximum atomic E-state index is 11.1. The standard InChI is InChI=1S/C12H12BrN5O2/c1-6-3-8(13)5-9(4-6)16-11-10(18(19)20)7(2)15-12(14)17-11/h3-5H,1-2H3,(H3,14,15,16,17). The Hall–Kier alpha value is -2.22. The maximum absolute atomic E-state index is 11.1. The van der Waals surface area contributed by atoms with Gasteiger partial charge in [-0.15, -0.1) is 0 Å². The van der Waals surface area contributed by atoms with Crippen LogP contribution < -0.4 is 11.1 Å². The van der Waals surface area contributed by atoms with Gasteiger partial charge in [0, 0.05) is 10.2 Å². The van der Waals surface area contributed by atoms with Crippen molar-refractivity contribution in [3.05, 3.63) is 44.0 Å². The summed E-state index contributed by atoms with van der Waals surface area (Å²) in [6, 6.07) is 5.58. The molecule has 0 unspecified atom stereocenters. The number of anilines is 3. The summed E-state index contributed by atoms with van der Waals surface area (Å²) >= 11 is 3.37. The molecule has 0 radical (unpaired) electrons. The monoisotopic (exact) mass is 337 g/mol. The molecule has 8 heteroatoms. The summed E-state index contributed by atoms with van der Waals surface area (Å²) < 4.78 is 0.862. The zero-order valence-electron chi connectivity index (χ0n) is 10.8. The molecule has 0 aliphatic carbocycles. The minimum Gasteiger partial charge on any atom is -0.368 e. The first-order chi connectivity index (χ1) is 9.36. The van der Waals surface area contributed by atoms with Crippen molar-refractivity contribution in [3.8, 4) is 0 Å². The lowest BCUT2D eigenvalue weighted by Gasteiger charge is -2.09. The summed E-state index contributed by atoms with van der Waals surface area (Å²) in [4.78, 5) is 18.3. The molecule has 7 nitrogen and oxygen atoms in total. The van der Waals surface area contributed by atoms with Crippen LogP contribution in [0.4, 0.5) is 23.1 Å². The van der Waals surface area contributed by atoms with Crippen molar-refractivity contribution in [3.63, 3.8) is 0 Å². The number of aromatic nitrogens is 2. The first-order valence-corrected chi connectivity index (χ1v) is 6.49. The lowest BCUT2D eigenvalue weighted by molar-refractivity contribution is -0.385. The van der Waals surface area contributed by atoms with Crippen LogP contribution in [0.2, 0.25) is 0 Å². The predicted molar refractivity (Wildman–Crippen MR) is 80.0 cm³/mol. The highest BCUT2D eigenvalue weighted by Gasteiger charge is 2.21. The molecule has 0 spiro atoms. The molecule has 20 heavy (non-hydrogen) atoms. The number of nitrogens with one attached hydrogen (secondary N) is 1. The Bertz CT molecular complexity index is 670. The smallest absolute Gasteiger partial charge is 0.332 e. The highest BCUT2D eigenvalue weighted by Crippen LogP contribution is 2.30. The summed E-state index contributed by atoms with van der Waals surface area (Å²) in [7, 11) is 0. The van der Waals surface area contributed by atoms with Gasteiger partial charge >= 0.3 is 5.69 Å². The fraction of sp³-hybridized carbons (Fsp3) is 0.167. The first-order valence-electron chi connectivity index (χ1n) is 5.69. The summed E-state index contributed by atoms with van der Waals surface area (Å²) in [5.74, 6) is 0.0693. The maximum Gasteiger partial charge on any atom is 0.332 e. The van der Waals surface area contributed by atoms with Crippen molar-refractivity contribution >= 4 is 39.1 Å². The number of rotatable bonds is 3. The number of nitrogens with two attached hydrogens (primary N) is 1. The SMILES string of the molecule is Cc1cc(Br)cc(Nc2nc(N)nc(C)c2[N+](=O)[O-])c1. The van der Waals surface area contributed by atoms with Gasteiger partial charge in [-0.25, -0.2) is 4.98 Å². The summed E-state index contributed by atoms with van der Waals surface area (Å²) in [5, 5.41) is 14.0. The van der Waals surface area contributed by atoms with Gasteiger partial charge in [0.2, 0.25) is 11.8 Å². The molecule has 3 N–H and O–H groups in total. The van der Waals surface area contributed by atoms with E-state index in [0.717, 1.165) is 10.0 Å². The normalized spacial score (nSPS) is 10.3. The molecule has 0 atom stereocenters. The number of nitrogens with zero attached hydrogens (tertiary/aromatic N) is 3. The topological polar surface area (TPSA) is 107 Å². The van der Waals surface area contributed by atoms with E-state index in [-0.39, 0.29) is 23.1 Å². The van der Waals surface area contributed by atoms with Gasteiger partial charge in [-0.2, -0.15) is 4.98 Å². The zero-order chi connectivity index (χ0) is 14.9. The average molecular weight is 338 g/mol. The minimum absolute atomic E-state index is 0.0117. The Morgan fingerprint density at radius 3 is 2.60 bits per heavy atom. The van der Waals surface area contributed by atoms with Crippen molar-refractivity contribution in [2.24, 2.45) is 0 Å². The molecule has 0 aliphatic heterocycles. The molecule has 0 aliphatic rings. The summed E-state index contributed by atoms with van der Waals surface area (Å²) in [5.41, 5.74) is 7.26. The van der Waals surface area contributed by atoms with Crippen LogP contribution in [-0.4, -0.2) is 14.9 Å². The number of benzene rings is 1. The number of aryl methyl sites for hydroxylation is 2. The van der Waals surface area contributed by atoms with E-state index in [1.54, 1.807) is 6.07 Å². The molecule has 0 amide bonds. The lowest BCUT2D eigenvalue weighted by Crippen LogP contribution is -2.07. The number of hydrogen-bond acceptors (Lipinski definition) is 6. The molecule has 2 aromatic rings. The lowest BCUT2D eigenvalue weighted by atomic mass is 10.2. The van der Waals surface area contributed by atoms with Gasteiger partial charge in [-0.3, -0.25) is 10.1 Å². The van der Waals surface area contributed by atoms with Crippen molar-refractivity contribution < 1.29 is 4.92 Å². The van der Waals surface area contributed by atoms with E-state index in [4.69, 9.17) is 5.73 Å². The Morgan fingerprint density at radius 1 is 1.30 bits per heavy atom. The molecule has 1 heterocycles. The first kappa shape index (κ1) is 14.2. The highest BCUT2D eigenvalue weighted by molar-refractivity contribution is 9.10. The molecule has 0 saturated carbocycles. The number of halogens is 1. The van der Waals surface area contributed by atoms with E-state index in [1.165, 1.54) is 6.92 Å². The van der Waals surface area contributed by atoms with Crippen molar-refractivity contribution in [2.45, 2.75) is 13.8 Å². The molecular weight excluding hydrogens is 326 g/mol. The molecular formula is C12H12BrN5O2. The predicted octanol–water partition coefficient (Wildman–Crippen LogP) is 3.09. The van der Waals surface area contributed by atoms with E-state index in [1.807, 2.05) is 19.1 Å². The number of nitro groups is 1. The quantitative estimate of drug-likeness (QED) is 0.658. The molecule has 0 bridgehead atoms. The van der Waals surface area contributed by atoms with E-state index in [9.17, 15) is 10.1 Å². The van der Waals surface area contributed by atoms with E-state index in [0.29, 0.717) is 5.69 Å². The zero-order valence-corrected chi connectivity index (χ0v) is 12.4. The van der Waals surface area contributed by atoms with Crippen LogP contribution in [0.5, 0.6) is 0 Å². The number of hydrogen-bond donors (Lipinski definition) is 2. The fourth-order valence-electron chi connectivity index (χ4n) is 1.84. The molecule has 1 aromatic carbocycles. The Morgan fingerprint density at radius 2 is 2.00 bits per heavy atom. The van der Waals surface area contributed by atoms with Gasteiger partial charge in [0.25, 0.3) is 0 Å². The van der Waals surface area contributed by atoms with E-state index in [2.05, 4.69) is 31.2 Å². The summed E-state index contributed by atoms with van der Waals surface area (Å²) in [6.45, 7) is 3.44. The van der Waals surface area contributed by atoms with Gasteiger partial charge in [-0.1, -0.05) is 15.9 Å². The van der Waals surface area contributed by atoms with Crippen LogP contribution in [0.15, 0.2) is 22.7 Å². The number of nitrogen functional groups attached to an aromatic ring is 1. The van der Waals surface area contributed by atoms with Crippen molar-refractivity contribution in [1.82, 2.24) is 9.97 Å². The summed E-state index contributed by atoms with van der Waals surface area (Å²) in [6.07, 6.45) is 0. The van der Waals surface area contributed by atoms with Gasteiger partial charge in [0.05, 0.1) is 4.92 Å². The van der Waals surface area contributed by atoms with Crippen LogP contribution in [-0.2, 0) is 0 Å². The second-order valence-electron chi connectivity index (χ2n) is 4.26. The van der Waals surface area contributed by atoms with Crippen LogP contribution in [0.1, 0.15) is 11.3 Å². The third-order valence-corrected chi connectivity index (χ3v) is 3.02. The largest absolute Gasteiger partial charge is 0.368 e. The molecule has 0 fully saturated rings. The molecule has 1 aromatic heterocycles. The Labute approximate surface area is 123 Å². The van der Waals surface area contributed by atoms with Gasteiger partial charge in [0.1, 0.15) is 5.69 Å². The molecule has 2 rings (SSSR count). The van der Waals surface area contributed by atoms with Crippen LogP contribution in [0.25, 0.3) is 0 Å². The van der Waals surface area contributed by atoms with Crippen molar-refractivity contribution in [1.29, 1.82) is 0 Å². The third kappa shape index (κ3) is 3.02. The fourth-order valence-corrected chi connectivity index (χ4v) is 2.45. The van der Waals surface area contributed by atoms with E-state index < -0.39 is 4.92 Å². The van der Waals surface area contributed by atoms with E-state index >= 15 is 0 Å². The van der Waals surface area contributed by atoms with Gasteiger partial charge in [-0.05, 0) is 37.6 Å². The second-order valence-corrected chi connectivity index (χ2v) is 5.18. The van der Waals surface area contributed by atoms with Gasteiger partial charge < -0.3 is 11.1 Å². The third-order valence-electron chi connectivity index (χ3n) is 2.56. The highest BCUT2D eigenvalue weighted by atomic mass is 79.9. The molecule has 0 saturated heterocycles. The Balaban J connectivity index is 2.49. The molecule has 104 valence electrons. The second kappa shape index (κ2) is 5.41. The van der Waals surface area contributed by atoms with Crippen molar-refractivity contribution in [2.75, 3.05) is 11.1 Å². The van der Waals surface area contributed by atoms with Crippen LogP contribution in [0, 0.1) is 24.0 Å². The average Bonchev–Trinajstić information content (AvgIpc) is 2.25. The van der Waals surface area contributed by atoms with Crippen LogP contribution in [0.3, 0.4) is 0 Å². The minimum atomic E-state index is -0.526.